The molecule has 2 N–H and O–H groups in total. The van der Waals surface area contributed by atoms with Gasteiger partial charge in [-0.3, -0.25) is 0 Å². The SMILES string of the molecule is CCOCCOCC(O)CNCc1csc(C)n1. The fourth-order valence-electron chi connectivity index (χ4n) is 1.40. The summed E-state index contributed by atoms with van der Waals surface area (Å²) in [6.45, 7) is 7.24. The van der Waals surface area contributed by atoms with Gasteiger partial charge in [-0.25, -0.2) is 4.98 Å². The third kappa shape index (κ3) is 7.03. The van der Waals surface area contributed by atoms with E-state index in [2.05, 4.69) is 10.3 Å². The molecular formula is C12H22N2O3S. The lowest BCUT2D eigenvalue weighted by Gasteiger charge is -2.11. The summed E-state index contributed by atoms with van der Waals surface area (Å²) in [5.74, 6) is 0. The number of aryl methyl sites for hydroxylation is 1. The predicted molar refractivity (Wildman–Crippen MR) is 71.9 cm³/mol. The largest absolute Gasteiger partial charge is 0.389 e. The molecule has 1 unspecified atom stereocenters. The smallest absolute Gasteiger partial charge is 0.0897 e. The molecule has 1 aromatic heterocycles. The molecule has 0 saturated carbocycles. The van der Waals surface area contributed by atoms with Crippen molar-refractivity contribution in [3.8, 4) is 0 Å². The molecule has 1 aromatic rings. The highest BCUT2D eigenvalue weighted by Gasteiger charge is 2.04. The minimum atomic E-state index is -0.494. The molecule has 0 bridgehead atoms. The molecule has 6 heteroatoms. The molecule has 0 aliphatic rings. The topological polar surface area (TPSA) is 63.6 Å². The van der Waals surface area contributed by atoms with E-state index in [4.69, 9.17) is 9.47 Å². The van der Waals surface area contributed by atoms with Gasteiger partial charge in [-0.15, -0.1) is 11.3 Å². The van der Waals surface area contributed by atoms with E-state index in [9.17, 15) is 5.11 Å². The van der Waals surface area contributed by atoms with Crippen LogP contribution in [-0.2, 0) is 16.0 Å². The second-order valence-electron chi connectivity index (χ2n) is 3.91. The van der Waals surface area contributed by atoms with Crippen LogP contribution in [0.2, 0.25) is 0 Å². The summed E-state index contributed by atoms with van der Waals surface area (Å²) in [5, 5.41) is 15.9. The summed E-state index contributed by atoms with van der Waals surface area (Å²) < 4.78 is 10.4. The Kier molecular flexibility index (Phi) is 8.11. The average Bonchev–Trinajstić information content (AvgIpc) is 2.75. The van der Waals surface area contributed by atoms with Crippen molar-refractivity contribution < 1.29 is 14.6 Å². The van der Waals surface area contributed by atoms with Gasteiger partial charge in [-0.2, -0.15) is 0 Å². The van der Waals surface area contributed by atoms with Gasteiger partial charge in [-0.05, 0) is 13.8 Å². The summed E-state index contributed by atoms with van der Waals surface area (Å²) in [4.78, 5) is 4.33. The predicted octanol–water partition coefficient (Wildman–Crippen LogP) is 0.955. The molecule has 0 amide bonds. The number of hydrogen-bond acceptors (Lipinski definition) is 6. The third-order valence-corrected chi connectivity index (χ3v) is 3.06. The lowest BCUT2D eigenvalue weighted by molar-refractivity contribution is 0.00641. The zero-order valence-corrected chi connectivity index (χ0v) is 11.8. The number of aliphatic hydroxyl groups excluding tert-OH is 1. The van der Waals surface area contributed by atoms with E-state index in [0.29, 0.717) is 39.5 Å². The maximum Gasteiger partial charge on any atom is 0.0897 e. The minimum Gasteiger partial charge on any atom is -0.389 e. The third-order valence-electron chi connectivity index (χ3n) is 2.24. The number of hydrogen-bond donors (Lipinski definition) is 2. The molecule has 5 nitrogen and oxygen atoms in total. The lowest BCUT2D eigenvalue weighted by Crippen LogP contribution is -2.30. The number of nitrogens with zero attached hydrogens (tertiary/aromatic N) is 1. The van der Waals surface area contributed by atoms with Crippen LogP contribution in [0.1, 0.15) is 17.6 Å². The van der Waals surface area contributed by atoms with Crippen molar-refractivity contribution in [2.75, 3.05) is 33.0 Å². The minimum absolute atomic E-state index is 0.330. The Balaban J connectivity index is 1.98. The van der Waals surface area contributed by atoms with Crippen molar-refractivity contribution in [2.45, 2.75) is 26.5 Å². The van der Waals surface area contributed by atoms with Crippen LogP contribution in [0.5, 0.6) is 0 Å². The zero-order valence-electron chi connectivity index (χ0n) is 11.0. The van der Waals surface area contributed by atoms with Gasteiger partial charge in [0, 0.05) is 25.1 Å². The molecule has 104 valence electrons. The van der Waals surface area contributed by atoms with Gasteiger partial charge >= 0.3 is 0 Å². The van der Waals surface area contributed by atoms with Crippen LogP contribution in [-0.4, -0.2) is 49.2 Å². The van der Waals surface area contributed by atoms with Crippen molar-refractivity contribution in [3.63, 3.8) is 0 Å². The van der Waals surface area contributed by atoms with Crippen molar-refractivity contribution >= 4 is 11.3 Å². The summed E-state index contributed by atoms with van der Waals surface area (Å²) in [6, 6.07) is 0. The Morgan fingerprint density at radius 3 is 2.89 bits per heavy atom. The van der Waals surface area contributed by atoms with E-state index in [-0.39, 0.29) is 0 Å². The first kappa shape index (κ1) is 15.5. The molecule has 18 heavy (non-hydrogen) atoms. The van der Waals surface area contributed by atoms with Crippen LogP contribution in [0.4, 0.5) is 0 Å². The number of nitrogens with one attached hydrogen (secondary N) is 1. The van der Waals surface area contributed by atoms with Crippen LogP contribution in [0.15, 0.2) is 5.38 Å². The molecule has 1 rings (SSSR count). The maximum absolute atomic E-state index is 9.64. The van der Waals surface area contributed by atoms with Gasteiger partial charge in [0.05, 0.1) is 36.6 Å². The molecule has 0 aliphatic heterocycles. The van der Waals surface area contributed by atoms with Crippen LogP contribution in [0.3, 0.4) is 0 Å². The average molecular weight is 274 g/mol. The number of aliphatic hydroxyl groups is 1. The Morgan fingerprint density at radius 2 is 2.22 bits per heavy atom. The van der Waals surface area contributed by atoms with E-state index in [0.717, 1.165) is 10.7 Å². The van der Waals surface area contributed by atoms with Gasteiger partial charge in [0.1, 0.15) is 0 Å². The summed E-state index contributed by atoms with van der Waals surface area (Å²) in [7, 11) is 0. The maximum atomic E-state index is 9.64. The highest BCUT2D eigenvalue weighted by Crippen LogP contribution is 2.07. The molecule has 0 fully saturated rings. The summed E-state index contributed by atoms with van der Waals surface area (Å²) >= 11 is 1.63. The van der Waals surface area contributed by atoms with E-state index in [1.165, 1.54) is 0 Å². The van der Waals surface area contributed by atoms with Gasteiger partial charge in [0.25, 0.3) is 0 Å². The molecule has 0 spiro atoms. The number of ether oxygens (including phenoxy) is 2. The van der Waals surface area contributed by atoms with Gasteiger partial charge in [0.15, 0.2) is 0 Å². The van der Waals surface area contributed by atoms with Crippen molar-refractivity contribution in [1.29, 1.82) is 0 Å². The zero-order chi connectivity index (χ0) is 13.2. The van der Waals surface area contributed by atoms with E-state index in [1.807, 2.05) is 19.2 Å². The Hall–Kier alpha value is -0.530. The Labute approximate surface area is 112 Å². The van der Waals surface area contributed by atoms with E-state index in [1.54, 1.807) is 11.3 Å². The van der Waals surface area contributed by atoms with E-state index >= 15 is 0 Å². The van der Waals surface area contributed by atoms with Gasteiger partial charge < -0.3 is 19.9 Å². The lowest BCUT2D eigenvalue weighted by atomic mass is 10.3. The fourth-order valence-corrected chi connectivity index (χ4v) is 2.01. The first-order valence-electron chi connectivity index (χ1n) is 6.17. The van der Waals surface area contributed by atoms with Crippen molar-refractivity contribution in [1.82, 2.24) is 10.3 Å². The second-order valence-corrected chi connectivity index (χ2v) is 4.98. The molecular weight excluding hydrogens is 252 g/mol. The molecule has 1 atom stereocenters. The molecule has 0 aromatic carbocycles. The normalized spacial score (nSPS) is 12.8. The van der Waals surface area contributed by atoms with Crippen LogP contribution in [0.25, 0.3) is 0 Å². The summed E-state index contributed by atoms with van der Waals surface area (Å²) in [6.07, 6.45) is -0.494. The van der Waals surface area contributed by atoms with Crippen molar-refractivity contribution in [3.05, 3.63) is 16.1 Å². The van der Waals surface area contributed by atoms with Crippen LogP contribution < -0.4 is 5.32 Å². The summed E-state index contributed by atoms with van der Waals surface area (Å²) in [5.41, 5.74) is 1.02. The monoisotopic (exact) mass is 274 g/mol. The highest BCUT2D eigenvalue weighted by molar-refractivity contribution is 7.09. The molecule has 0 aliphatic carbocycles. The Bertz CT molecular complexity index is 320. The number of thiazole rings is 1. The van der Waals surface area contributed by atoms with Gasteiger partial charge in [-0.1, -0.05) is 0 Å². The van der Waals surface area contributed by atoms with Crippen LogP contribution >= 0.6 is 11.3 Å². The first-order valence-corrected chi connectivity index (χ1v) is 7.05. The van der Waals surface area contributed by atoms with Crippen LogP contribution in [0, 0.1) is 6.92 Å². The van der Waals surface area contributed by atoms with Crippen molar-refractivity contribution in [2.24, 2.45) is 0 Å². The standard InChI is InChI=1S/C12H22N2O3S/c1-3-16-4-5-17-8-12(15)7-13-6-11-9-18-10(2)14-11/h9,12-13,15H,3-8H2,1-2H3. The highest BCUT2D eigenvalue weighted by atomic mass is 32.1. The fraction of sp³-hybridized carbons (Fsp3) is 0.750. The quantitative estimate of drug-likeness (QED) is 0.622. The van der Waals surface area contributed by atoms with E-state index < -0.39 is 6.10 Å². The number of rotatable bonds is 10. The molecule has 1 heterocycles. The number of aromatic nitrogens is 1. The molecule has 0 saturated heterocycles. The first-order chi connectivity index (χ1) is 8.72. The van der Waals surface area contributed by atoms with Gasteiger partial charge in [0.2, 0.25) is 0 Å². The Morgan fingerprint density at radius 1 is 1.44 bits per heavy atom. The molecule has 0 radical (unpaired) electrons. The second kappa shape index (κ2) is 9.41.